The lowest BCUT2D eigenvalue weighted by Gasteiger charge is -2.14. The minimum absolute atomic E-state index is 0.354. The fourth-order valence-electron chi connectivity index (χ4n) is 2.92. The van der Waals surface area contributed by atoms with Crippen molar-refractivity contribution in [2.24, 2.45) is 4.99 Å². The van der Waals surface area contributed by atoms with Gasteiger partial charge >= 0.3 is 0 Å². The van der Waals surface area contributed by atoms with Gasteiger partial charge < -0.3 is 15.4 Å². The molecule has 30 heavy (non-hydrogen) atoms. The van der Waals surface area contributed by atoms with Gasteiger partial charge in [-0.15, -0.1) is 0 Å². The van der Waals surface area contributed by atoms with Crippen LogP contribution in [0.5, 0.6) is 5.88 Å². The Labute approximate surface area is 179 Å². The van der Waals surface area contributed by atoms with Gasteiger partial charge in [0.1, 0.15) is 0 Å². The zero-order valence-corrected chi connectivity index (χ0v) is 19.1. The minimum Gasteiger partial charge on any atom is -0.477 e. The van der Waals surface area contributed by atoms with Crippen molar-refractivity contribution in [2.75, 3.05) is 19.4 Å². The van der Waals surface area contributed by atoms with Gasteiger partial charge in [-0.25, -0.2) is 18.4 Å². The number of ether oxygens (including phenoxy) is 1. The molecular weight excluding hydrogens is 400 g/mol. The molecule has 0 aliphatic heterocycles. The summed E-state index contributed by atoms with van der Waals surface area (Å²) in [5, 5.41) is 6.54. The standard InChI is InChI=1S/C22H32N4O3S/c1-5-7-13-29-21-19(9-8-12-24-21)16-26-22(23-6-2)25-15-18-10-11-20(17(3)14-18)30(4,27)28/h8-12,14H,5-7,13,15-16H2,1-4H3,(H2,23,25,26). The Morgan fingerprint density at radius 3 is 2.67 bits per heavy atom. The monoisotopic (exact) mass is 432 g/mol. The molecule has 0 spiro atoms. The van der Waals surface area contributed by atoms with E-state index in [2.05, 4.69) is 27.5 Å². The zero-order valence-electron chi connectivity index (χ0n) is 18.2. The average Bonchev–Trinajstić information content (AvgIpc) is 2.70. The van der Waals surface area contributed by atoms with E-state index >= 15 is 0 Å². The third kappa shape index (κ3) is 7.33. The Morgan fingerprint density at radius 1 is 1.20 bits per heavy atom. The number of benzene rings is 1. The number of rotatable bonds is 10. The highest BCUT2D eigenvalue weighted by Gasteiger charge is 2.11. The molecule has 1 aromatic carbocycles. The maximum atomic E-state index is 11.8. The molecule has 0 radical (unpaired) electrons. The van der Waals surface area contributed by atoms with E-state index in [0.29, 0.717) is 36.4 Å². The summed E-state index contributed by atoms with van der Waals surface area (Å²) < 4.78 is 29.4. The van der Waals surface area contributed by atoms with Gasteiger partial charge in [0.15, 0.2) is 15.8 Å². The van der Waals surface area contributed by atoms with Gasteiger partial charge in [0.25, 0.3) is 0 Å². The molecule has 0 aliphatic carbocycles. The van der Waals surface area contributed by atoms with Crippen LogP contribution in [0, 0.1) is 6.92 Å². The molecule has 2 rings (SSSR count). The first kappa shape index (κ1) is 23.7. The number of guanidine groups is 1. The van der Waals surface area contributed by atoms with E-state index in [1.165, 1.54) is 6.26 Å². The van der Waals surface area contributed by atoms with E-state index in [-0.39, 0.29) is 0 Å². The summed E-state index contributed by atoms with van der Waals surface area (Å²) in [6.07, 6.45) is 5.01. The number of aryl methyl sites for hydroxylation is 1. The van der Waals surface area contributed by atoms with Crippen LogP contribution in [-0.2, 0) is 22.9 Å². The second-order valence-corrected chi connectivity index (χ2v) is 9.07. The van der Waals surface area contributed by atoms with Gasteiger partial charge in [-0.05, 0) is 43.5 Å². The lowest BCUT2D eigenvalue weighted by Crippen LogP contribution is -2.36. The van der Waals surface area contributed by atoms with Crippen molar-refractivity contribution >= 4 is 15.8 Å². The van der Waals surface area contributed by atoms with Crippen LogP contribution < -0.4 is 15.4 Å². The molecule has 2 N–H and O–H groups in total. The Bertz CT molecular complexity index is 959. The summed E-state index contributed by atoms with van der Waals surface area (Å²) in [6.45, 7) is 8.28. The largest absolute Gasteiger partial charge is 0.477 e. The summed E-state index contributed by atoms with van der Waals surface area (Å²) in [5.74, 6) is 1.31. The Morgan fingerprint density at radius 2 is 2.00 bits per heavy atom. The maximum absolute atomic E-state index is 11.8. The lowest BCUT2D eigenvalue weighted by atomic mass is 10.1. The van der Waals surface area contributed by atoms with Gasteiger partial charge in [-0.1, -0.05) is 31.5 Å². The van der Waals surface area contributed by atoms with E-state index < -0.39 is 9.84 Å². The molecule has 0 aliphatic rings. The molecule has 0 atom stereocenters. The summed E-state index contributed by atoms with van der Waals surface area (Å²) in [5.41, 5.74) is 2.64. The third-order valence-corrected chi connectivity index (χ3v) is 5.69. The van der Waals surface area contributed by atoms with Gasteiger partial charge in [0.2, 0.25) is 5.88 Å². The number of hydrogen-bond acceptors (Lipinski definition) is 5. The fourth-order valence-corrected chi connectivity index (χ4v) is 3.88. The van der Waals surface area contributed by atoms with Crippen molar-refractivity contribution in [3.05, 3.63) is 53.2 Å². The van der Waals surface area contributed by atoms with Crippen LogP contribution in [-0.4, -0.2) is 38.8 Å². The topological polar surface area (TPSA) is 92.7 Å². The van der Waals surface area contributed by atoms with Crippen molar-refractivity contribution in [3.8, 4) is 5.88 Å². The highest BCUT2D eigenvalue weighted by atomic mass is 32.2. The third-order valence-electron chi connectivity index (χ3n) is 4.44. The molecule has 1 aromatic heterocycles. The number of nitrogens with zero attached hydrogens (tertiary/aromatic N) is 2. The highest BCUT2D eigenvalue weighted by Crippen LogP contribution is 2.17. The Balaban J connectivity index is 2.06. The molecule has 0 saturated heterocycles. The predicted molar refractivity (Wildman–Crippen MR) is 121 cm³/mol. The summed E-state index contributed by atoms with van der Waals surface area (Å²) in [4.78, 5) is 9.31. The van der Waals surface area contributed by atoms with E-state index in [0.717, 1.165) is 36.1 Å². The number of unbranched alkanes of at least 4 members (excludes halogenated alkanes) is 1. The fraction of sp³-hybridized carbons (Fsp3) is 0.455. The first-order valence-electron chi connectivity index (χ1n) is 10.2. The zero-order chi connectivity index (χ0) is 22.0. The smallest absolute Gasteiger partial charge is 0.218 e. The molecule has 0 bridgehead atoms. The van der Waals surface area contributed by atoms with Gasteiger partial charge in [-0.3, -0.25) is 0 Å². The van der Waals surface area contributed by atoms with Crippen LogP contribution in [0.2, 0.25) is 0 Å². The first-order chi connectivity index (χ1) is 14.3. The van der Waals surface area contributed by atoms with Crippen molar-refractivity contribution in [3.63, 3.8) is 0 Å². The Kier molecular flexibility index (Phi) is 9.11. The normalized spacial score (nSPS) is 11.9. The summed E-state index contributed by atoms with van der Waals surface area (Å²) in [7, 11) is -3.22. The number of sulfone groups is 1. The van der Waals surface area contributed by atoms with Crippen LogP contribution in [0.15, 0.2) is 46.4 Å². The minimum atomic E-state index is -3.22. The number of aromatic nitrogens is 1. The van der Waals surface area contributed by atoms with Crippen LogP contribution >= 0.6 is 0 Å². The first-order valence-corrected chi connectivity index (χ1v) is 12.1. The molecule has 2 aromatic rings. The van der Waals surface area contributed by atoms with E-state index in [9.17, 15) is 8.42 Å². The van der Waals surface area contributed by atoms with Gasteiger partial charge in [0.05, 0.1) is 18.0 Å². The highest BCUT2D eigenvalue weighted by molar-refractivity contribution is 7.90. The predicted octanol–water partition coefficient (Wildman–Crippen LogP) is 3.23. The lowest BCUT2D eigenvalue weighted by molar-refractivity contribution is 0.294. The van der Waals surface area contributed by atoms with Gasteiger partial charge in [-0.2, -0.15) is 0 Å². The van der Waals surface area contributed by atoms with E-state index in [1.807, 2.05) is 25.1 Å². The second-order valence-electron chi connectivity index (χ2n) is 7.09. The molecular formula is C22H32N4O3S. The summed E-state index contributed by atoms with van der Waals surface area (Å²) in [6, 6.07) is 9.19. The number of nitrogens with one attached hydrogen (secondary N) is 2. The maximum Gasteiger partial charge on any atom is 0.218 e. The van der Waals surface area contributed by atoms with Gasteiger partial charge in [0, 0.05) is 31.1 Å². The van der Waals surface area contributed by atoms with Crippen molar-refractivity contribution in [1.29, 1.82) is 0 Å². The molecule has 0 unspecified atom stereocenters. The number of hydrogen-bond donors (Lipinski definition) is 2. The van der Waals surface area contributed by atoms with Crippen LogP contribution in [0.4, 0.5) is 0 Å². The van der Waals surface area contributed by atoms with E-state index in [4.69, 9.17) is 4.74 Å². The average molecular weight is 433 g/mol. The molecule has 0 amide bonds. The van der Waals surface area contributed by atoms with Crippen LogP contribution in [0.3, 0.4) is 0 Å². The SMILES string of the molecule is CCCCOc1ncccc1CNC(=NCc1ccc(S(C)(=O)=O)c(C)c1)NCC. The van der Waals surface area contributed by atoms with Crippen molar-refractivity contribution in [1.82, 2.24) is 15.6 Å². The summed E-state index contributed by atoms with van der Waals surface area (Å²) >= 11 is 0. The molecule has 8 heteroatoms. The van der Waals surface area contributed by atoms with E-state index in [1.54, 1.807) is 25.3 Å². The van der Waals surface area contributed by atoms with Crippen molar-refractivity contribution < 1.29 is 13.2 Å². The molecule has 0 saturated carbocycles. The number of pyridine rings is 1. The van der Waals surface area contributed by atoms with Crippen molar-refractivity contribution in [2.45, 2.75) is 51.6 Å². The molecule has 164 valence electrons. The molecule has 1 heterocycles. The number of aliphatic imine (C=N–C) groups is 1. The van der Waals surface area contributed by atoms with Crippen LogP contribution in [0.1, 0.15) is 43.4 Å². The quantitative estimate of drug-likeness (QED) is 0.340. The molecule has 0 fully saturated rings. The second kappa shape index (κ2) is 11.5. The van der Waals surface area contributed by atoms with Crippen LogP contribution in [0.25, 0.3) is 0 Å². The Hall–Kier alpha value is -2.61. The molecule has 7 nitrogen and oxygen atoms in total.